The molecule has 1 aromatic carbocycles. The quantitative estimate of drug-likeness (QED) is 0.896. The van der Waals surface area contributed by atoms with Crippen LogP contribution in [0.4, 0.5) is 10.5 Å². The maximum Gasteiger partial charge on any atom is 0.319 e. The lowest BCUT2D eigenvalue weighted by atomic mass is 10.1. The first-order valence-electron chi connectivity index (χ1n) is 6.67. The molecule has 2 aromatic rings. The standard InChI is InChI=1S/C16H19N3O/c1-12-6-7-15(11-13(12)2)19-16(20)18-10-8-14-5-3-4-9-17-14/h3-7,9,11H,8,10H2,1-2H3,(H2,18,19,20). The molecule has 0 fully saturated rings. The summed E-state index contributed by atoms with van der Waals surface area (Å²) in [4.78, 5) is 16.0. The summed E-state index contributed by atoms with van der Waals surface area (Å²) in [5, 5.41) is 5.65. The fourth-order valence-electron chi connectivity index (χ4n) is 1.84. The molecule has 0 aliphatic carbocycles. The highest BCUT2D eigenvalue weighted by molar-refractivity contribution is 5.89. The average molecular weight is 269 g/mol. The molecule has 0 unspecified atom stereocenters. The van der Waals surface area contributed by atoms with E-state index in [1.165, 1.54) is 5.56 Å². The molecule has 20 heavy (non-hydrogen) atoms. The van der Waals surface area contributed by atoms with E-state index in [0.717, 1.165) is 23.4 Å². The Balaban J connectivity index is 1.79. The van der Waals surface area contributed by atoms with Crippen LogP contribution in [-0.4, -0.2) is 17.6 Å². The van der Waals surface area contributed by atoms with Crippen LogP contribution in [-0.2, 0) is 6.42 Å². The van der Waals surface area contributed by atoms with Gasteiger partial charge in [-0.1, -0.05) is 12.1 Å². The first-order valence-corrected chi connectivity index (χ1v) is 6.67. The van der Waals surface area contributed by atoms with Gasteiger partial charge in [0.25, 0.3) is 0 Å². The Hall–Kier alpha value is -2.36. The Morgan fingerprint density at radius 3 is 2.70 bits per heavy atom. The Kier molecular flexibility index (Phi) is 4.71. The van der Waals surface area contributed by atoms with Gasteiger partial charge in [-0.25, -0.2) is 4.79 Å². The highest BCUT2D eigenvalue weighted by Crippen LogP contribution is 2.13. The predicted octanol–water partition coefficient (Wildman–Crippen LogP) is 3.06. The van der Waals surface area contributed by atoms with Crippen LogP contribution in [0.15, 0.2) is 42.6 Å². The van der Waals surface area contributed by atoms with Crippen LogP contribution in [0.2, 0.25) is 0 Å². The molecule has 2 amide bonds. The number of pyridine rings is 1. The van der Waals surface area contributed by atoms with Crippen molar-refractivity contribution in [1.29, 1.82) is 0 Å². The number of nitrogens with zero attached hydrogens (tertiary/aromatic N) is 1. The van der Waals surface area contributed by atoms with Crippen molar-refractivity contribution in [2.45, 2.75) is 20.3 Å². The number of hydrogen-bond acceptors (Lipinski definition) is 2. The summed E-state index contributed by atoms with van der Waals surface area (Å²) in [5.74, 6) is 0. The van der Waals surface area contributed by atoms with Crippen LogP contribution >= 0.6 is 0 Å². The summed E-state index contributed by atoms with van der Waals surface area (Å²) in [6.07, 6.45) is 2.48. The zero-order valence-corrected chi connectivity index (χ0v) is 11.8. The topological polar surface area (TPSA) is 54.0 Å². The lowest BCUT2D eigenvalue weighted by Crippen LogP contribution is -2.30. The Morgan fingerprint density at radius 2 is 2.00 bits per heavy atom. The molecule has 2 N–H and O–H groups in total. The number of benzene rings is 1. The zero-order valence-electron chi connectivity index (χ0n) is 11.8. The number of amides is 2. The van der Waals surface area contributed by atoms with Crippen LogP contribution in [0.1, 0.15) is 16.8 Å². The van der Waals surface area contributed by atoms with Gasteiger partial charge in [0, 0.05) is 30.5 Å². The highest BCUT2D eigenvalue weighted by Gasteiger charge is 2.02. The van der Waals surface area contributed by atoms with Gasteiger partial charge in [0.15, 0.2) is 0 Å². The number of hydrogen-bond donors (Lipinski definition) is 2. The third-order valence-corrected chi connectivity index (χ3v) is 3.16. The van der Waals surface area contributed by atoms with Gasteiger partial charge in [0.1, 0.15) is 0 Å². The number of aryl methyl sites for hydroxylation is 2. The van der Waals surface area contributed by atoms with Crippen molar-refractivity contribution in [2.75, 3.05) is 11.9 Å². The summed E-state index contributed by atoms with van der Waals surface area (Å²) >= 11 is 0. The van der Waals surface area contributed by atoms with Crippen molar-refractivity contribution in [3.63, 3.8) is 0 Å². The van der Waals surface area contributed by atoms with Gasteiger partial charge in [-0.15, -0.1) is 0 Å². The molecule has 0 atom stereocenters. The van der Waals surface area contributed by atoms with Crippen molar-refractivity contribution in [3.8, 4) is 0 Å². The number of carbonyl (C=O) groups is 1. The molecular formula is C16H19N3O. The third kappa shape index (κ3) is 4.09. The van der Waals surface area contributed by atoms with Crippen molar-refractivity contribution < 1.29 is 4.79 Å². The smallest absolute Gasteiger partial charge is 0.319 e. The van der Waals surface area contributed by atoms with Crippen LogP contribution in [0, 0.1) is 13.8 Å². The van der Waals surface area contributed by atoms with E-state index >= 15 is 0 Å². The SMILES string of the molecule is Cc1ccc(NC(=O)NCCc2ccccn2)cc1C. The second-order valence-electron chi connectivity index (χ2n) is 4.75. The van der Waals surface area contributed by atoms with E-state index in [9.17, 15) is 4.79 Å². The second kappa shape index (κ2) is 6.70. The van der Waals surface area contributed by atoms with E-state index in [-0.39, 0.29) is 6.03 Å². The molecule has 4 nitrogen and oxygen atoms in total. The van der Waals surface area contributed by atoms with E-state index in [1.807, 2.05) is 50.2 Å². The molecule has 1 heterocycles. The Morgan fingerprint density at radius 1 is 1.15 bits per heavy atom. The van der Waals surface area contributed by atoms with Crippen molar-refractivity contribution >= 4 is 11.7 Å². The third-order valence-electron chi connectivity index (χ3n) is 3.16. The van der Waals surface area contributed by atoms with E-state index in [1.54, 1.807) is 6.20 Å². The molecule has 1 aromatic heterocycles. The highest BCUT2D eigenvalue weighted by atomic mass is 16.2. The van der Waals surface area contributed by atoms with Gasteiger partial charge < -0.3 is 10.6 Å². The molecule has 0 saturated heterocycles. The summed E-state index contributed by atoms with van der Waals surface area (Å²) in [6.45, 7) is 4.64. The van der Waals surface area contributed by atoms with Gasteiger partial charge in [-0.3, -0.25) is 4.98 Å². The first-order chi connectivity index (χ1) is 9.65. The fraction of sp³-hybridized carbons (Fsp3) is 0.250. The maximum absolute atomic E-state index is 11.8. The number of aromatic nitrogens is 1. The van der Waals surface area contributed by atoms with Crippen molar-refractivity contribution in [3.05, 3.63) is 59.4 Å². The number of nitrogens with one attached hydrogen (secondary N) is 2. The lowest BCUT2D eigenvalue weighted by molar-refractivity contribution is 0.252. The predicted molar refractivity (Wildman–Crippen MR) is 80.9 cm³/mol. The monoisotopic (exact) mass is 269 g/mol. The van der Waals surface area contributed by atoms with Crippen LogP contribution in [0.25, 0.3) is 0 Å². The maximum atomic E-state index is 11.8. The number of carbonyl (C=O) groups excluding carboxylic acids is 1. The van der Waals surface area contributed by atoms with Gasteiger partial charge >= 0.3 is 6.03 Å². The van der Waals surface area contributed by atoms with Gasteiger partial charge in [-0.05, 0) is 49.2 Å². The van der Waals surface area contributed by atoms with Gasteiger partial charge in [0.05, 0.1) is 0 Å². The minimum absolute atomic E-state index is 0.191. The zero-order chi connectivity index (χ0) is 14.4. The van der Waals surface area contributed by atoms with Gasteiger partial charge in [0.2, 0.25) is 0 Å². The number of urea groups is 1. The van der Waals surface area contributed by atoms with Crippen LogP contribution in [0.3, 0.4) is 0 Å². The molecule has 0 bridgehead atoms. The molecule has 0 spiro atoms. The molecule has 0 radical (unpaired) electrons. The molecule has 2 rings (SSSR count). The molecule has 0 saturated carbocycles. The van der Waals surface area contributed by atoms with Crippen molar-refractivity contribution in [1.82, 2.24) is 10.3 Å². The van der Waals surface area contributed by atoms with Crippen LogP contribution < -0.4 is 10.6 Å². The molecule has 0 aliphatic heterocycles. The van der Waals surface area contributed by atoms with Crippen molar-refractivity contribution in [2.24, 2.45) is 0 Å². The lowest BCUT2D eigenvalue weighted by Gasteiger charge is -2.09. The average Bonchev–Trinajstić information content (AvgIpc) is 2.44. The Bertz CT molecular complexity index is 582. The van der Waals surface area contributed by atoms with E-state index in [2.05, 4.69) is 15.6 Å². The minimum Gasteiger partial charge on any atom is -0.337 e. The molecule has 0 aliphatic rings. The van der Waals surface area contributed by atoms with E-state index in [4.69, 9.17) is 0 Å². The van der Waals surface area contributed by atoms with Crippen LogP contribution in [0.5, 0.6) is 0 Å². The Labute approximate surface area is 119 Å². The normalized spacial score (nSPS) is 10.1. The largest absolute Gasteiger partial charge is 0.337 e. The first kappa shape index (κ1) is 14.1. The fourth-order valence-corrected chi connectivity index (χ4v) is 1.84. The summed E-state index contributed by atoms with van der Waals surface area (Å²) < 4.78 is 0. The number of rotatable bonds is 4. The summed E-state index contributed by atoms with van der Waals surface area (Å²) in [5.41, 5.74) is 4.16. The number of anilines is 1. The molecule has 104 valence electrons. The molecular weight excluding hydrogens is 250 g/mol. The van der Waals surface area contributed by atoms with E-state index in [0.29, 0.717) is 6.54 Å². The summed E-state index contributed by atoms with van der Waals surface area (Å²) in [7, 11) is 0. The van der Waals surface area contributed by atoms with E-state index < -0.39 is 0 Å². The second-order valence-corrected chi connectivity index (χ2v) is 4.75. The molecule has 4 heteroatoms. The summed E-state index contributed by atoms with van der Waals surface area (Å²) in [6, 6.07) is 11.4. The minimum atomic E-state index is -0.191. The van der Waals surface area contributed by atoms with Gasteiger partial charge in [-0.2, -0.15) is 0 Å².